The number of rotatable bonds is 6. The van der Waals surface area contributed by atoms with Crippen LogP contribution < -0.4 is 0 Å². The van der Waals surface area contributed by atoms with Gasteiger partial charge < -0.3 is 4.42 Å². The van der Waals surface area contributed by atoms with Crippen molar-refractivity contribution in [1.82, 2.24) is 15.0 Å². The number of nitrogens with zero attached hydrogens (tertiary/aromatic N) is 3. The Balaban J connectivity index is 1.32. The topological polar surface area (TPSA) is 51.8 Å². The number of hydrogen-bond donors (Lipinski definition) is 0. The lowest BCUT2D eigenvalue weighted by molar-refractivity contribution is 0.670. The van der Waals surface area contributed by atoms with E-state index in [-0.39, 0.29) is 61.5 Å². The molecule has 0 aliphatic heterocycles. The van der Waals surface area contributed by atoms with Crippen LogP contribution in [-0.2, 0) is 0 Å². The highest BCUT2D eigenvalue weighted by atomic mass is 16.3. The Morgan fingerprint density at radius 3 is 1.65 bits per heavy atom. The van der Waals surface area contributed by atoms with Crippen LogP contribution in [0.15, 0.2) is 168 Å². The van der Waals surface area contributed by atoms with Gasteiger partial charge in [-0.15, -0.1) is 0 Å². The van der Waals surface area contributed by atoms with Crippen LogP contribution in [0.4, 0.5) is 0 Å². The van der Waals surface area contributed by atoms with Gasteiger partial charge in [0.25, 0.3) is 0 Å². The molecular formula is C47H33N3O. The maximum Gasteiger partial charge on any atom is 0.164 e. The van der Waals surface area contributed by atoms with Crippen molar-refractivity contribution in [2.75, 3.05) is 0 Å². The SMILES string of the molecule is [2H]c1c([2H])c([2H])c(-c2nc(-c3c([2H])c([2H])c(-c4c([2H])c([2H])c(-c5c([2H])c([2H])c([2H])c([2H])c5[2H])c(C)c4[2H])c(C)c3[2H])nc(-c3cccc4oc5c(-c6c([2H])c([2H])c([2H])c([2H])c6[2H])cccc5c34)n2)c([2H])c1[2H]. The average Bonchev–Trinajstić information content (AvgIpc) is 3.76. The molecule has 0 N–H and O–H groups in total. The molecule has 0 amide bonds. The summed E-state index contributed by atoms with van der Waals surface area (Å²) < 4.78 is 188. The molecule has 4 nitrogen and oxygen atoms in total. The highest BCUT2D eigenvalue weighted by Crippen LogP contribution is 2.40. The maximum atomic E-state index is 9.51. The summed E-state index contributed by atoms with van der Waals surface area (Å²) >= 11 is 0. The van der Waals surface area contributed by atoms with Gasteiger partial charge in [-0.3, -0.25) is 0 Å². The molecule has 9 rings (SSSR count). The molecule has 0 atom stereocenters. The van der Waals surface area contributed by atoms with E-state index in [1.165, 1.54) is 19.9 Å². The number of aromatic nitrogens is 3. The number of para-hydroxylation sites is 1. The first-order chi connectivity index (χ1) is 33.8. The lowest BCUT2D eigenvalue weighted by Crippen LogP contribution is -2.00. The Morgan fingerprint density at radius 1 is 0.451 bits per heavy atom. The first-order valence-electron chi connectivity index (χ1n) is 26.0. The van der Waals surface area contributed by atoms with E-state index < -0.39 is 155 Å². The van der Waals surface area contributed by atoms with Crippen molar-refractivity contribution >= 4 is 21.9 Å². The molecule has 0 spiro atoms. The Bertz CT molecular complexity index is 3780. The van der Waals surface area contributed by atoms with E-state index in [4.69, 9.17) is 32.7 Å². The van der Waals surface area contributed by atoms with Gasteiger partial charge in [-0.1, -0.05) is 151 Å². The molecule has 0 fully saturated rings. The molecule has 0 saturated heterocycles. The molecule has 0 saturated carbocycles. The van der Waals surface area contributed by atoms with Crippen LogP contribution in [0.25, 0.3) is 89.5 Å². The van der Waals surface area contributed by atoms with Crippen LogP contribution >= 0.6 is 0 Å². The minimum absolute atomic E-state index is 0.0859. The maximum absolute atomic E-state index is 9.51. The number of benzene rings is 7. The fourth-order valence-electron chi connectivity index (χ4n) is 5.81. The Kier molecular flexibility index (Phi) is 3.85. The van der Waals surface area contributed by atoms with Crippen LogP contribution in [0.2, 0.25) is 0 Å². The van der Waals surface area contributed by atoms with Gasteiger partial charge in [0.05, 0.1) is 28.8 Å². The third kappa shape index (κ3) is 5.57. The summed E-state index contributed by atoms with van der Waals surface area (Å²) in [6, 6.07) is -3.95. The minimum atomic E-state index is -0.729. The Morgan fingerprint density at radius 2 is 0.961 bits per heavy atom. The van der Waals surface area contributed by atoms with Crippen molar-refractivity contribution in [3.05, 3.63) is 174 Å². The predicted molar refractivity (Wildman–Crippen MR) is 209 cm³/mol. The lowest BCUT2D eigenvalue weighted by Gasteiger charge is -2.13. The highest BCUT2D eigenvalue weighted by molar-refractivity contribution is 6.15. The summed E-state index contributed by atoms with van der Waals surface area (Å²) in [5, 5.41) is 0.668. The zero-order chi connectivity index (χ0) is 52.6. The molecule has 0 aliphatic carbocycles. The smallest absolute Gasteiger partial charge is 0.164 e. The van der Waals surface area contributed by atoms with E-state index >= 15 is 0 Å². The summed E-state index contributed by atoms with van der Waals surface area (Å²) in [6.07, 6.45) is 0. The minimum Gasteiger partial charge on any atom is -0.455 e. The summed E-state index contributed by atoms with van der Waals surface area (Å²) in [4.78, 5) is 13.8. The van der Waals surface area contributed by atoms with Crippen molar-refractivity contribution in [3.8, 4) is 67.5 Å². The molecule has 4 heteroatoms. The van der Waals surface area contributed by atoms with Crippen LogP contribution in [0.3, 0.4) is 0 Å². The van der Waals surface area contributed by atoms with Crippen molar-refractivity contribution in [2.24, 2.45) is 0 Å². The average molecular weight is 677 g/mol. The first kappa shape index (κ1) is 15.5. The number of hydrogen-bond acceptors (Lipinski definition) is 4. The van der Waals surface area contributed by atoms with Gasteiger partial charge >= 0.3 is 0 Å². The molecule has 7 aromatic carbocycles. The van der Waals surface area contributed by atoms with E-state index in [2.05, 4.69) is 9.97 Å². The summed E-state index contributed by atoms with van der Waals surface area (Å²) in [5.74, 6) is -1.21. The largest absolute Gasteiger partial charge is 0.455 e. The van der Waals surface area contributed by atoms with Crippen molar-refractivity contribution in [2.45, 2.75) is 13.8 Å². The van der Waals surface area contributed by atoms with Crippen LogP contribution in [0.1, 0.15) is 39.9 Å². The summed E-state index contributed by atoms with van der Waals surface area (Å²) in [7, 11) is 0. The highest BCUT2D eigenvalue weighted by Gasteiger charge is 2.20. The monoisotopic (exact) mass is 676 g/mol. The molecule has 2 heterocycles. The molecule has 0 bridgehead atoms. The fraction of sp³-hybridized carbons (Fsp3) is 0.0426. The zero-order valence-electron chi connectivity index (χ0n) is 47.7. The lowest BCUT2D eigenvalue weighted by atomic mass is 9.93. The van der Waals surface area contributed by atoms with Gasteiger partial charge in [0.1, 0.15) is 11.2 Å². The quantitative estimate of drug-likeness (QED) is 0.176. The molecule has 0 aliphatic rings. The molecule has 0 radical (unpaired) electrons. The van der Waals surface area contributed by atoms with Crippen molar-refractivity contribution < 1.29 is 33.2 Å². The molecule has 9 aromatic rings. The van der Waals surface area contributed by atoms with Gasteiger partial charge in [0, 0.05) is 33.0 Å². The second-order valence-corrected chi connectivity index (χ2v) is 11.3. The third-order valence-corrected chi connectivity index (χ3v) is 8.12. The van der Waals surface area contributed by atoms with Gasteiger partial charge in [0.2, 0.25) is 0 Å². The van der Waals surface area contributed by atoms with Gasteiger partial charge in [-0.25, -0.2) is 15.0 Å². The molecule has 51 heavy (non-hydrogen) atoms. The second kappa shape index (κ2) is 12.7. The standard InChI is InChI=1S/C47H33N3O/c1-30-28-35(24-26-37(30)32-14-6-3-7-15-32)38-27-25-36(29-31(38)2)46-48-45(34-18-10-5-11-19-34)49-47(50-46)41-22-13-23-42-43(41)40-21-12-20-39(44(40)51-42)33-16-8-4-9-17-33/h3-29H,1-2H3/i3D,4D,5D,6D,7D,8D,9D,10D,11D,14D,15D,16D,17D,18D,19D,24D,25D,26D,27D,28D,29D. The zero-order valence-corrected chi connectivity index (χ0v) is 26.7. The normalized spacial score (nSPS) is 17.1. The van der Waals surface area contributed by atoms with E-state index in [1.807, 2.05) is 0 Å². The van der Waals surface area contributed by atoms with E-state index in [0.717, 1.165) is 0 Å². The first-order valence-corrected chi connectivity index (χ1v) is 15.5. The van der Waals surface area contributed by atoms with Crippen molar-refractivity contribution in [3.63, 3.8) is 0 Å². The van der Waals surface area contributed by atoms with E-state index in [0.29, 0.717) is 10.8 Å². The van der Waals surface area contributed by atoms with Gasteiger partial charge in [-0.2, -0.15) is 0 Å². The van der Waals surface area contributed by atoms with Crippen molar-refractivity contribution in [1.29, 1.82) is 0 Å². The van der Waals surface area contributed by atoms with Crippen LogP contribution in [-0.4, -0.2) is 15.0 Å². The van der Waals surface area contributed by atoms with Crippen LogP contribution in [0, 0.1) is 13.8 Å². The fourth-order valence-corrected chi connectivity index (χ4v) is 5.81. The Labute approximate surface area is 326 Å². The predicted octanol–water partition coefficient (Wildman–Crippen LogP) is 12.4. The molecule has 0 unspecified atom stereocenters. The second-order valence-electron chi connectivity index (χ2n) is 11.3. The number of fused-ring (bicyclic) bond motifs is 3. The van der Waals surface area contributed by atoms with Gasteiger partial charge in [0.15, 0.2) is 17.5 Å². The van der Waals surface area contributed by atoms with E-state index in [1.54, 1.807) is 30.3 Å². The summed E-state index contributed by atoms with van der Waals surface area (Å²) in [6.45, 7) is 2.72. The number of furan rings is 1. The third-order valence-electron chi connectivity index (χ3n) is 8.12. The molecule has 2 aromatic heterocycles. The summed E-state index contributed by atoms with van der Waals surface area (Å²) in [5.41, 5.74) is -1.91. The van der Waals surface area contributed by atoms with Gasteiger partial charge in [-0.05, 0) is 64.9 Å². The van der Waals surface area contributed by atoms with E-state index in [9.17, 15) is 5.48 Å². The van der Waals surface area contributed by atoms with Crippen LogP contribution in [0.5, 0.6) is 0 Å². The Hall–Kier alpha value is -6.65. The molecule has 242 valence electrons. The molecular weight excluding hydrogens is 623 g/mol.